The lowest BCUT2D eigenvalue weighted by molar-refractivity contribution is 0.143. The van der Waals surface area contributed by atoms with E-state index in [4.69, 9.17) is 0 Å². The van der Waals surface area contributed by atoms with Gasteiger partial charge in [0.1, 0.15) is 0 Å². The number of anilines is 6. The lowest BCUT2D eigenvalue weighted by atomic mass is 9.58. The lowest BCUT2D eigenvalue weighted by Gasteiger charge is -2.52. The number of benzene rings is 13. The predicted octanol–water partition coefficient (Wildman–Crippen LogP) is 29.0. The molecule has 9 atom stereocenters. The van der Waals surface area contributed by atoms with Crippen LogP contribution in [0.1, 0.15) is 156 Å². The van der Waals surface area contributed by atoms with Crippen molar-refractivity contribution in [2.24, 2.45) is 17.8 Å². The fourth-order valence-corrected chi connectivity index (χ4v) is 24.2. The molecule has 0 saturated heterocycles. The summed E-state index contributed by atoms with van der Waals surface area (Å²) in [5, 5.41) is 16.0. The Labute approximate surface area is 632 Å². The zero-order chi connectivity index (χ0) is 72.3. The smallest absolute Gasteiger partial charge is 0.0518 e. The van der Waals surface area contributed by atoms with Gasteiger partial charge in [0.15, 0.2) is 0 Å². The van der Waals surface area contributed by atoms with Gasteiger partial charge in [-0.1, -0.05) is 249 Å². The summed E-state index contributed by atoms with van der Waals surface area (Å²) >= 11 is 0. The van der Waals surface area contributed by atoms with Crippen LogP contribution in [0.15, 0.2) is 261 Å². The van der Waals surface area contributed by atoms with E-state index in [-0.39, 0.29) is 32.9 Å². The summed E-state index contributed by atoms with van der Waals surface area (Å²) in [6, 6.07) is 103. The highest BCUT2D eigenvalue weighted by Crippen LogP contribution is 2.68. The van der Waals surface area contributed by atoms with Crippen LogP contribution in [0.25, 0.3) is 120 Å². The first-order valence-electron chi connectivity index (χ1n) is 40.7. The van der Waals surface area contributed by atoms with E-state index < -0.39 is 0 Å². The van der Waals surface area contributed by atoms with E-state index in [9.17, 15) is 0 Å². The molecule has 21 rings (SSSR count). The van der Waals surface area contributed by atoms with Gasteiger partial charge in [-0.3, -0.25) is 0 Å². The molecule has 0 aromatic heterocycles. The molecule has 0 spiro atoms. The number of nitrogens with zero attached hydrogens (tertiary/aromatic N) is 3. The topological polar surface area (TPSA) is 9.72 Å². The molecule has 3 heteroatoms. The molecule has 3 saturated carbocycles. The third-order valence-electron chi connectivity index (χ3n) is 30.4. The Morgan fingerprint density at radius 2 is 0.579 bits per heavy atom. The van der Waals surface area contributed by atoms with Crippen molar-refractivity contribution in [1.29, 1.82) is 0 Å². The first-order valence-corrected chi connectivity index (χ1v) is 40.7. The quantitative estimate of drug-likeness (QED) is 0.128. The molecule has 3 fully saturated rings. The van der Waals surface area contributed by atoms with Crippen LogP contribution in [0.2, 0.25) is 0 Å². The van der Waals surface area contributed by atoms with Gasteiger partial charge in [0.05, 0.1) is 16.6 Å². The molecule has 15 aromatic carbocycles. The maximum Gasteiger partial charge on any atom is 0.0518 e. The standard InChI is InChI=1S/C104H97N3/c1-10-65-53-56-102(7)99(4,62-65)84-59-70(41-50-87(84)105(102)73-33-22-15-23-34-73)76-44-47-81-92-79(76)39-28-40-80(92)95-90(68-29-18-13-19-30-68)97-82-48-45-77(71-42-51-88-85(60-71)100(5)63-66(11-2)54-57-103(100,8)106(88)74-35-24-16-25-36-74)93-78(46-49-83(94(82)93)98(97)91(96(81)95)69-31-20-14-21-32-69)72-43-52-89-86(61-72)101(6)64-67(12-3)55-58-104(101,9)107(89)75-37-26-17-27-38-75/h13-52,59-61,65-67H,10-12,53-58,62-64H2,1-9H3. The summed E-state index contributed by atoms with van der Waals surface area (Å²) in [5.74, 6) is 2.04. The number of rotatable bonds is 11. The first-order chi connectivity index (χ1) is 52.1. The first kappa shape index (κ1) is 65.1. The van der Waals surface area contributed by atoms with E-state index in [1.807, 2.05) is 0 Å². The van der Waals surface area contributed by atoms with Gasteiger partial charge in [-0.05, 0) is 306 Å². The monoisotopic (exact) mass is 1390 g/mol. The zero-order valence-electron chi connectivity index (χ0n) is 63.9. The summed E-state index contributed by atoms with van der Waals surface area (Å²) in [6.07, 6.45) is 14.4. The molecule has 3 nitrogen and oxygen atoms in total. The molecular formula is C104H97N3. The van der Waals surface area contributed by atoms with Gasteiger partial charge in [0, 0.05) is 50.4 Å². The summed E-state index contributed by atoms with van der Waals surface area (Å²) < 4.78 is 0. The molecule has 0 radical (unpaired) electrons. The van der Waals surface area contributed by atoms with Crippen LogP contribution in [-0.4, -0.2) is 16.6 Å². The Balaban J connectivity index is 0.851. The second kappa shape index (κ2) is 23.4. The van der Waals surface area contributed by atoms with Gasteiger partial charge in [0.2, 0.25) is 0 Å². The summed E-state index contributed by atoms with van der Waals surface area (Å²) in [5.41, 5.74) is 24.9. The Kier molecular flexibility index (Phi) is 14.2. The second-order valence-corrected chi connectivity index (χ2v) is 35.0. The minimum Gasteiger partial charge on any atom is -0.334 e. The molecule has 3 heterocycles. The maximum atomic E-state index is 2.76. The molecule has 9 unspecified atom stereocenters. The molecule has 107 heavy (non-hydrogen) atoms. The van der Waals surface area contributed by atoms with Crippen LogP contribution < -0.4 is 14.7 Å². The highest BCUT2D eigenvalue weighted by atomic mass is 15.3. The number of hydrogen-bond acceptors (Lipinski definition) is 3. The molecule has 0 bridgehead atoms. The van der Waals surface area contributed by atoms with Gasteiger partial charge < -0.3 is 14.7 Å². The SMILES string of the molecule is CCC1CCC2(C)N(c3ccccc3)c3ccc(-c4ccc5c6c(-c7ccccc7)c7c8ccc(-c9ccc%10c(c9)C9(C)CC(CC)CCC9(C)N%10c9ccccc9)c9c(-c%10ccc%11c(c%10)C%10(C)CC(CC)CCC%10(C)N%11c%10ccccc%10)ccc(c7c(-c7ccccc7)c6c6cccc4c65)c98)cc3C2(C)C1. The van der Waals surface area contributed by atoms with E-state index in [2.05, 4.69) is 338 Å². The van der Waals surface area contributed by atoms with Gasteiger partial charge >= 0.3 is 0 Å². The summed E-state index contributed by atoms with van der Waals surface area (Å²) in [6.45, 7) is 22.9. The van der Waals surface area contributed by atoms with Crippen LogP contribution in [-0.2, 0) is 16.2 Å². The van der Waals surface area contributed by atoms with E-state index >= 15 is 0 Å². The van der Waals surface area contributed by atoms with E-state index in [1.165, 1.54) is 235 Å². The molecule has 528 valence electrons. The van der Waals surface area contributed by atoms with Crippen LogP contribution >= 0.6 is 0 Å². The highest BCUT2D eigenvalue weighted by molar-refractivity contribution is 6.47. The van der Waals surface area contributed by atoms with E-state index in [0.717, 1.165) is 12.8 Å². The fraction of sp³-hybridized carbons (Fsp3) is 0.288. The maximum absolute atomic E-state index is 2.76. The average Bonchev–Trinajstić information content (AvgIpc) is 1.52. The molecule has 3 aliphatic heterocycles. The summed E-state index contributed by atoms with van der Waals surface area (Å²) in [4.78, 5) is 8.25. The average molecular weight is 1390 g/mol. The van der Waals surface area contributed by atoms with Crippen molar-refractivity contribution >= 4 is 98.8 Å². The largest absolute Gasteiger partial charge is 0.334 e. The normalized spacial score (nSPS) is 25.8. The van der Waals surface area contributed by atoms with Gasteiger partial charge in [0.25, 0.3) is 0 Å². The van der Waals surface area contributed by atoms with Crippen molar-refractivity contribution in [1.82, 2.24) is 0 Å². The van der Waals surface area contributed by atoms with E-state index in [1.54, 1.807) is 0 Å². The van der Waals surface area contributed by atoms with Crippen LogP contribution in [0.3, 0.4) is 0 Å². The van der Waals surface area contributed by atoms with Crippen molar-refractivity contribution in [3.05, 3.63) is 278 Å². The van der Waals surface area contributed by atoms with Crippen LogP contribution in [0.4, 0.5) is 34.1 Å². The van der Waals surface area contributed by atoms with Gasteiger partial charge in [-0.15, -0.1) is 0 Å². The lowest BCUT2D eigenvalue weighted by Crippen LogP contribution is -2.56. The third kappa shape index (κ3) is 8.67. The van der Waals surface area contributed by atoms with Crippen LogP contribution in [0.5, 0.6) is 0 Å². The Morgan fingerprint density at radius 3 is 0.935 bits per heavy atom. The van der Waals surface area contributed by atoms with Crippen LogP contribution in [0, 0.1) is 17.8 Å². The zero-order valence-corrected chi connectivity index (χ0v) is 63.9. The van der Waals surface area contributed by atoms with Crippen molar-refractivity contribution in [3.8, 4) is 55.6 Å². The molecule has 6 aliphatic rings. The molecule has 0 amide bonds. The second-order valence-electron chi connectivity index (χ2n) is 35.0. The Bertz CT molecular complexity index is 5820. The van der Waals surface area contributed by atoms with Gasteiger partial charge in [-0.2, -0.15) is 0 Å². The highest BCUT2D eigenvalue weighted by Gasteiger charge is 2.62. The van der Waals surface area contributed by atoms with E-state index in [0.29, 0.717) is 17.8 Å². The number of hydrogen-bond donors (Lipinski definition) is 0. The van der Waals surface area contributed by atoms with Crippen molar-refractivity contribution in [3.63, 3.8) is 0 Å². The predicted molar refractivity (Wildman–Crippen MR) is 457 cm³/mol. The van der Waals surface area contributed by atoms with Crippen molar-refractivity contribution in [2.75, 3.05) is 14.7 Å². The third-order valence-corrected chi connectivity index (χ3v) is 30.4. The number of para-hydroxylation sites is 3. The molecule has 3 aliphatic carbocycles. The minimum atomic E-state index is -0.0951. The molecule has 15 aromatic rings. The summed E-state index contributed by atoms with van der Waals surface area (Å²) in [7, 11) is 0. The number of fused-ring (bicyclic) bond motifs is 15. The fourth-order valence-electron chi connectivity index (χ4n) is 24.2. The molecular weight excluding hydrogens is 1290 g/mol. The Hall–Kier alpha value is -10.2. The minimum absolute atomic E-state index is 0.0342. The van der Waals surface area contributed by atoms with Crippen molar-refractivity contribution < 1.29 is 0 Å². The van der Waals surface area contributed by atoms with Gasteiger partial charge in [-0.25, -0.2) is 0 Å². The van der Waals surface area contributed by atoms with Crippen molar-refractivity contribution in [2.45, 2.75) is 172 Å². The Morgan fingerprint density at radius 1 is 0.271 bits per heavy atom. The molecule has 0 N–H and O–H groups in total.